The average Bonchev–Trinajstić information content (AvgIpc) is 2.93. The molecule has 1 aromatic carbocycles. The molecule has 0 fully saturated rings. The van der Waals surface area contributed by atoms with E-state index in [2.05, 4.69) is 40.4 Å². The second-order valence-electron chi connectivity index (χ2n) is 4.96. The lowest BCUT2D eigenvalue weighted by molar-refractivity contribution is 0.472. The molecule has 0 aliphatic heterocycles. The second-order valence-corrected chi connectivity index (χ2v) is 4.96. The topological polar surface area (TPSA) is 43.6 Å². The van der Waals surface area contributed by atoms with E-state index in [1.807, 2.05) is 35.3 Å². The smallest absolute Gasteiger partial charge is 0.113 e. The summed E-state index contributed by atoms with van der Waals surface area (Å²) in [6.07, 6.45) is 7.09. The molecule has 1 unspecified atom stereocenters. The van der Waals surface area contributed by atoms with Crippen LogP contribution in [-0.2, 0) is 0 Å². The van der Waals surface area contributed by atoms with Crippen molar-refractivity contribution in [3.63, 3.8) is 0 Å². The first kappa shape index (κ1) is 12.8. The zero-order chi connectivity index (χ0) is 13.8. The van der Waals surface area contributed by atoms with Crippen LogP contribution < -0.4 is 0 Å². The quantitative estimate of drug-likeness (QED) is 0.708. The number of aromatic nitrogens is 4. The third-order valence-electron chi connectivity index (χ3n) is 3.59. The first-order valence-electron chi connectivity index (χ1n) is 7.10. The van der Waals surface area contributed by atoms with Crippen molar-refractivity contribution in [3.8, 4) is 0 Å². The number of fused-ring (bicyclic) bond motifs is 1. The van der Waals surface area contributed by atoms with Gasteiger partial charge in [0.1, 0.15) is 5.52 Å². The average molecular weight is 266 g/mol. The maximum atomic E-state index is 4.37. The predicted molar refractivity (Wildman–Crippen MR) is 79.4 cm³/mol. The molecule has 0 aliphatic carbocycles. The molecule has 0 N–H and O–H groups in total. The van der Waals surface area contributed by atoms with Crippen molar-refractivity contribution in [1.29, 1.82) is 0 Å². The van der Waals surface area contributed by atoms with Crippen LogP contribution in [0.2, 0.25) is 0 Å². The Balaban J connectivity index is 2.05. The summed E-state index contributed by atoms with van der Waals surface area (Å²) in [5.74, 6) is 0. The molecule has 0 spiro atoms. The lowest BCUT2D eigenvalue weighted by Crippen LogP contribution is -2.12. The predicted octanol–water partition coefficient (Wildman–Crippen LogP) is 3.61. The van der Waals surface area contributed by atoms with Crippen molar-refractivity contribution in [3.05, 3.63) is 54.4 Å². The summed E-state index contributed by atoms with van der Waals surface area (Å²) in [5, 5.41) is 8.64. The number of rotatable bonds is 5. The summed E-state index contributed by atoms with van der Waals surface area (Å²) < 4.78 is 2.04. The van der Waals surface area contributed by atoms with Crippen LogP contribution in [-0.4, -0.2) is 20.0 Å². The molecular weight excluding hydrogens is 248 g/mol. The number of hydrogen-bond acceptors (Lipinski definition) is 3. The van der Waals surface area contributed by atoms with Crippen LogP contribution in [0, 0.1) is 0 Å². The third-order valence-corrected chi connectivity index (χ3v) is 3.59. The minimum absolute atomic E-state index is 0.227. The molecule has 102 valence electrons. The number of unbranched alkanes of at least 4 members (excludes halogenated alkanes) is 1. The Hall–Kier alpha value is -2.23. The van der Waals surface area contributed by atoms with Crippen molar-refractivity contribution in [1.82, 2.24) is 20.0 Å². The summed E-state index contributed by atoms with van der Waals surface area (Å²) in [7, 11) is 0. The molecule has 4 nitrogen and oxygen atoms in total. The highest BCUT2D eigenvalue weighted by Gasteiger charge is 2.17. The molecule has 3 rings (SSSR count). The van der Waals surface area contributed by atoms with Crippen LogP contribution in [0.5, 0.6) is 0 Å². The standard InChI is InChI=1S/C16H18N4/c1-2-3-7-15(13-9-11-17-12-10-13)20-16-8-5-4-6-14(16)18-19-20/h4-6,8-12,15H,2-3,7H2,1H3. The molecule has 3 aromatic rings. The van der Waals surface area contributed by atoms with Gasteiger partial charge < -0.3 is 0 Å². The highest BCUT2D eigenvalue weighted by Crippen LogP contribution is 2.26. The van der Waals surface area contributed by atoms with Gasteiger partial charge >= 0.3 is 0 Å². The van der Waals surface area contributed by atoms with E-state index < -0.39 is 0 Å². The van der Waals surface area contributed by atoms with Gasteiger partial charge in [-0.1, -0.05) is 37.1 Å². The second kappa shape index (κ2) is 5.82. The van der Waals surface area contributed by atoms with Crippen LogP contribution in [0.15, 0.2) is 48.8 Å². The van der Waals surface area contributed by atoms with E-state index in [-0.39, 0.29) is 6.04 Å². The SMILES string of the molecule is CCCCC(c1ccncc1)n1nnc2ccccc21. The van der Waals surface area contributed by atoms with Gasteiger partial charge in [0.2, 0.25) is 0 Å². The van der Waals surface area contributed by atoms with Gasteiger partial charge in [-0.3, -0.25) is 4.98 Å². The number of hydrogen-bond donors (Lipinski definition) is 0. The fourth-order valence-electron chi connectivity index (χ4n) is 2.53. The largest absolute Gasteiger partial charge is 0.265 e. The Morgan fingerprint density at radius 1 is 1.10 bits per heavy atom. The van der Waals surface area contributed by atoms with Gasteiger partial charge in [0, 0.05) is 12.4 Å². The molecular formula is C16H18N4. The molecule has 0 aliphatic rings. The van der Waals surface area contributed by atoms with Crippen molar-refractivity contribution in [2.24, 2.45) is 0 Å². The number of para-hydroxylation sites is 1. The molecule has 20 heavy (non-hydrogen) atoms. The molecule has 1 atom stereocenters. The van der Waals surface area contributed by atoms with Gasteiger partial charge in [0.25, 0.3) is 0 Å². The zero-order valence-electron chi connectivity index (χ0n) is 11.6. The lowest BCUT2D eigenvalue weighted by Gasteiger charge is -2.17. The highest BCUT2D eigenvalue weighted by atomic mass is 15.4. The number of benzene rings is 1. The fourth-order valence-corrected chi connectivity index (χ4v) is 2.53. The molecule has 0 saturated carbocycles. The van der Waals surface area contributed by atoms with E-state index in [0.717, 1.165) is 17.5 Å². The van der Waals surface area contributed by atoms with E-state index in [4.69, 9.17) is 0 Å². The Kier molecular flexibility index (Phi) is 3.72. The molecule has 0 bridgehead atoms. The monoisotopic (exact) mass is 266 g/mol. The molecule has 0 amide bonds. The van der Waals surface area contributed by atoms with E-state index in [9.17, 15) is 0 Å². The van der Waals surface area contributed by atoms with Gasteiger partial charge in [0.05, 0.1) is 11.6 Å². The fraction of sp³-hybridized carbons (Fsp3) is 0.312. The van der Waals surface area contributed by atoms with E-state index in [1.165, 1.54) is 18.4 Å². The Bertz CT molecular complexity index is 675. The number of pyridine rings is 1. The van der Waals surface area contributed by atoms with Crippen LogP contribution in [0.1, 0.15) is 37.8 Å². The molecule has 4 heteroatoms. The molecule has 2 aromatic heterocycles. The highest BCUT2D eigenvalue weighted by molar-refractivity contribution is 5.74. The van der Waals surface area contributed by atoms with Gasteiger partial charge in [-0.15, -0.1) is 5.10 Å². The first-order chi connectivity index (χ1) is 9.90. The van der Waals surface area contributed by atoms with Crippen LogP contribution in [0.3, 0.4) is 0 Å². The maximum absolute atomic E-state index is 4.37. The van der Waals surface area contributed by atoms with Crippen molar-refractivity contribution >= 4 is 11.0 Å². The lowest BCUT2D eigenvalue weighted by atomic mass is 10.0. The van der Waals surface area contributed by atoms with Gasteiger partial charge in [-0.05, 0) is 36.2 Å². The van der Waals surface area contributed by atoms with E-state index >= 15 is 0 Å². The van der Waals surface area contributed by atoms with Crippen LogP contribution in [0.4, 0.5) is 0 Å². The molecule has 0 saturated heterocycles. The van der Waals surface area contributed by atoms with E-state index in [1.54, 1.807) is 0 Å². The minimum atomic E-state index is 0.227. The third kappa shape index (κ3) is 2.41. The molecule has 0 radical (unpaired) electrons. The van der Waals surface area contributed by atoms with Crippen molar-refractivity contribution in [2.45, 2.75) is 32.2 Å². The van der Waals surface area contributed by atoms with Gasteiger partial charge in [-0.25, -0.2) is 4.68 Å². The summed E-state index contributed by atoms with van der Waals surface area (Å²) in [5.41, 5.74) is 3.28. The maximum Gasteiger partial charge on any atom is 0.113 e. The van der Waals surface area contributed by atoms with Crippen molar-refractivity contribution in [2.75, 3.05) is 0 Å². The first-order valence-corrected chi connectivity index (χ1v) is 7.10. The van der Waals surface area contributed by atoms with Crippen molar-refractivity contribution < 1.29 is 0 Å². The Morgan fingerprint density at radius 3 is 2.70 bits per heavy atom. The van der Waals surface area contributed by atoms with E-state index in [0.29, 0.717) is 0 Å². The molecule has 2 heterocycles. The van der Waals surface area contributed by atoms with Gasteiger partial charge in [0.15, 0.2) is 0 Å². The summed E-state index contributed by atoms with van der Waals surface area (Å²) >= 11 is 0. The van der Waals surface area contributed by atoms with Crippen LogP contribution in [0.25, 0.3) is 11.0 Å². The summed E-state index contributed by atoms with van der Waals surface area (Å²) in [6, 6.07) is 12.5. The summed E-state index contributed by atoms with van der Waals surface area (Å²) in [6.45, 7) is 2.21. The Morgan fingerprint density at radius 2 is 1.90 bits per heavy atom. The number of nitrogens with zero attached hydrogens (tertiary/aromatic N) is 4. The normalized spacial score (nSPS) is 12.7. The van der Waals surface area contributed by atoms with Crippen LogP contribution >= 0.6 is 0 Å². The summed E-state index contributed by atoms with van der Waals surface area (Å²) in [4.78, 5) is 4.11. The van der Waals surface area contributed by atoms with Gasteiger partial charge in [-0.2, -0.15) is 0 Å². The zero-order valence-corrected chi connectivity index (χ0v) is 11.6. The Labute approximate surface area is 118 Å². The minimum Gasteiger partial charge on any atom is -0.265 e.